The summed E-state index contributed by atoms with van der Waals surface area (Å²) in [6, 6.07) is 7.75. The van der Waals surface area contributed by atoms with Gasteiger partial charge in [-0.25, -0.2) is 0 Å². The predicted octanol–water partition coefficient (Wildman–Crippen LogP) is 4.02. The Balaban J connectivity index is 1.96. The lowest BCUT2D eigenvalue weighted by molar-refractivity contribution is -0.142. The molecule has 1 aliphatic heterocycles. The zero-order chi connectivity index (χ0) is 20.4. The molecule has 7 heteroatoms. The average Bonchev–Trinajstić information content (AvgIpc) is 2.74. The number of hydrogen-bond donors (Lipinski definition) is 0. The van der Waals surface area contributed by atoms with Gasteiger partial charge >= 0.3 is 5.97 Å². The second kappa shape index (κ2) is 11.8. The van der Waals surface area contributed by atoms with Crippen molar-refractivity contribution in [3.05, 3.63) is 29.8 Å². The van der Waals surface area contributed by atoms with Gasteiger partial charge in [-0.3, -0.25) is 14.5 Å². The molecule has 0 bridgehead atoms. The highest BCUT2D eigenvalue weighted by atomic mass is 35.5. The van der Waals surface area contributed by atoms with E-state index in [1.807, 2.05) is 24.3 Å². The van der Waals surface area contributed by atoms with Crippen LogP contribution in [0.2, 0.25) is 0 Å². The van der Waals surface area contributed by atoms with Crippen molar-refractivity contribution in [2.75, 3.05) is 44.5 Å². The van der Waals surface area contributed by atoms with Crippen molar-refractivity contribution in [2.45, 2.75) is 43.5 Å². The number of morpholine rings is 1. The summed E-state index contributed by atoms with van der Waals surface area (Å²) < 4.78 is 10.6. The number of hydrogen-bond acceptors (Lipinski definition) is 6. The van der Waals surface area contributed by atoms with Gasteiger partial charge in [0, 0.05) is 35.2 Å². The Bertz CT molecular complexity index is 628. The maximum atomic E-state index is 13.4. The fraction of sp³-hybridized carbons (Fsp3) is 0.619. The highest BCUT2D eigenvalue weighted by molar-refractivity contribution is 7.99. The number of ether oxygens (including phenoxy) is 2. The van der Waals surface area contributed by atoms with E-state index in [4.69, 9.17) is 21.1 Å². The van der Waals surface area contributed by atoms with Crippen LogP contribution in [0.5, 0.6) is 0 Å². The molecule has 1 heterocycles. The van der Waals surface area contributed by atoms with Gasteiger partial charge in [-0.05, 0) is 25.0 Å². The Morgan fingerprint density at radius 1 is 1.18 bits per heavy atom. The first kappa shape index (κ1) is 23.2. The molecule has 0 aromatic heterocycles. The first-order valence-electron chi connectivity index (χ1n) is 9.89. The molecule has 5 nitrogen and oxygen atoms in total. The summed E-state index contributed by atoms with van der Waals surface area (Å²) in [6.45, 7) is 7.49. The van der Waals surface area contributed by atoms with Gasteiger partial charge in [-0.2, -0.15) is 0 Å². The van der Waals surface area contributed by atoms with Gasteiger partial charge in [0.15, 0.2) is 5.78 Å². The third-order valence-electron chi connectivity index (χ3n) is 5.24. The van der Waals surface area contributed by atoms with Crippen LogP contribution in [0.15, 0.2) is 29.2 Å². The van der Waals surface area contributed by atoms with E-state index in [0.717, 1.165) is 36.4 Å². The number of nitrogens with zero attached hydrogens (tertiary/aromatic N) is 1. The van der Waals surface area contributed by atoms with Crippen LogP contribution in [0, 0.1) is 0 Å². The average molecular weight is 428 g/mol. The molecule has 1 saturated heterocycles. The van der Waals surface area contributed by atoms with E-state index < -0.39 is 5.54 Å². The van der Waals surface area contributed by atoms with Crippen molar-refractivity contribution in [2.24, 2.45) is 0 Å². The van der Waals surface area contributed by atoms with Gasteiger partial charge in [-0.15, -0.1) is 23.4 Å². The third-order valence-corrected chi connectivity index (χ3v) is 6.40. The number of ketones is 1. The van der Waals surface area contributed by atoms with Crippen LogP contribution in [0.25, 0.3) is 0 Å². The Labute approximate surface area is 177 Å². The molecule has 0 saturated carbocycles. The van der Waals surface area contributed by atoms with Gasteiger partial charge in [0.2, 0.25) is 0 Å². The number of alkyl halides is 1. The van der Waals surface area contributed by atoms with Crippen LogP contribution in [-0.2, 0) is 14.3 Å². The van der Waals surface area contributed by atoms with Gasteiger partial charge in [0.1, 0.15) is 6.61 Å². The smallest absolute Gasteiger partial charge is 0.307 e. The van der Waals surface area contributed by atoms with Crippen LogP contribution in [0.1, 0.15) is 43.5 Å². The lowest BCUT2D eigenvalue weighted by Gasteiger charge is -2.43. The van der Waals surface area contributed by atoms with Crippen LogP contribution < -0.4 is 0 Å². The molecule has 0 amide bonds. The SMILES string of the molecule is CCC(CC)(C(=O)c1ccc(SCCOC(=O)CCCl)cc1)N1CCOCC1. The number of thioether (sulfide) groups is 1. The highest BCUT2D eigenvalue weighted by Gasteiger charge is 2.41. The second-order valence-electron chi connectivity index (χ2n) is 6.70. The number of carbonyl (C=O) groups excluding carboxylic acids is 2. The van der Waals surface area contributed by atoms with E-state index in [9.17, 15) is 9.59 Å². The minimum atomic E-state index is -0.463. The maximum Gasteiger partial charge on any atom is 0.307 e. The van der Waals surface area contributed by atoms with Gasteiger partial charge in [0.05, 0.1) is 25.2 Å². The Hall–Kier alpha value is -1.08. The molecular weight excluding hydrogens is 398 g/mol. The fourth-order valence-corrected chi connectivity index (χ4v) is 4.47. The molecule has 0 unspecified atom stereocenters. The Morgan fingerprint density at radius 2 is 1.82 bits per heavy atom. The van der Waals surface area contributed by atoms with Gasteiger partial charge in [0.25, 0.3) is 0 Å². The summed E-state index contributed by atoms with van der Waals surface area (Å²) in [5, 5.41) is 0. The summed E-state index contributed by atoms with van der Waals surface area (Å²) in [4.78, 5) is 28.0. The lowest BCUT2D eigenvalue weighted by Crippen LogP contribution is -2.57. The first-order chi connectivity index (χ1) is 13.6. The molecule has 2 rings (SSSR count). The summed E-state index contributed by atoms with van der Waals surface area (Å²) in [6.07, 6.45) is 1.81. The fourth-order valence-electron chi connectivity index (χ4n) is 3.59. The van der Waals surface area contributed by atoms with E-state index in [0.29, 0.717) is 25.6 Å². The molecule has 1 aliphatic rings. The number of rotatable bonds is 11. The monoisotopic (exact) mass is 427 g/mol. The van der Waals surface area contributed by atoms with Crippen molar-refractivity contribution in [1.82, 2.24) is 4.90 Å². The molecule has 156 valence electrons. The van der Waals surface area contributed by atoms with Crippen LogP contribution >= 0.6 is 23.4 Å². The van der Waals surface area contributed by atoms with Crippen LogP contribution in [0.4, 0.5) is 0 Å². The molecule has 0 atom stereocenters. The molecule has 1 aromatic rings. The van der Waals surface area contributed by atoms with E-state index in [2.05, 4.69) is 18.7 Å². The Morgan fingerprint density at radius 3 is 2.39 bits per heavy atom. The van der Waals surface area contributed by atoms with Crippen molar-refractivity contribution in [3.63, 3.8) is 0 Å². The normalized spacial score (nSPS) is 15.4. The predicted molar refractivity (Wildman–Crippen MR) is 113 cm³/mol. The number of esters is 1. The van der Waals surface area contributed by atoms with Crippen molar-refractivity contribution in [3.8, 4) is 0 Å². The standard InChI is InChI=1S/C21H30ClNO4S/c1-3-21(4-2,23-11-13-26-14-12-23)20(25)17-5-7-18(8-6-17)28-16-15-27-19(24)9-10-22/h5-8H,3-4,9-16H2,1-2H3. The van der Waals surface area contributed by atoms with Gasteiger partial charge < -0.3 is 9.47 Å². The van der Waals surface area contributed by atoms with Crippen molar-refractivity contribution >= 4 is 35.1 Å². The van der Waals surface area contributed by atoms with E-state index in [-0.39, 0.29) is 24.1 Å². The van der Waals surface area contributed by atoms with Crippen molar-refractivity contribution < 1.29 is 19.1 Å². The zero-order valence-electron chi connectivity index (χ0n) is 16.7. The molecule has 1 aromatic carbocycles. The molecule has 0 spiro atoms. The number of halogens is 1. The number of Topliss-reactive ketones (excluding diaryl/α,β-unsaturated/α-hetero) is 1. The first-order valence-corrected chi connectivity index (χ1v) is 11.4. The molecule has 1 fully saturated rings. The molecular formula is C21H30ClNO4S. The lowest BCUT2D eigenvalue weighted by atomic mass is 9.82. The van der Waals surface area contributed by atoms with Crippen LogP contribution in [-0.4, -0.2) is 66.7 Å². The topological polar surface area (TPSA) is 55.8 Å². The Kier molecular flexibility index (Phi) is 9.79. The summed E-state index contributed by atoms with van der Waals surface area (Å²) in [7, 11) is 0. The minimum Gasteiger partial charge on any atom is -0.465 e. The number of carbonyl (C=O) groups is 2. The zero-order valence-corrected chi connectivity index (χ0v) is 18.3. The highest BCUT2D eigenvalue weighted by Crippen LogP contribution is 2.30. The molecule has 0 aliphatic carbocycles. The van der Waals surface area contributed by atoms with E-state index >= 15 is 0 Å². The molecule has 0 N–H and O–H groups in total. The van der Waals surface area contributed by atoms with E-state index in [1.165, 1.54) is 0 Å². The quantitative estimate of drug-likeness (QED) is 0.175. The van der Waals surface area contributed by atoms with Crippen LogP contribution in [0.3, 0.4) is 0 Å². The summed E-state index contributed by atoms with van der Waals surface area (Å²) in [5.41, 5.74) is 0.280. The second-order valence-corrected chi connectivity index (χ2v) is 8.25. The summed E-state index contributed by atoms with van der Waals surface area (Å²) >= 11 is 7.10. The van der Waals surface area contributed by atoms with E-state index in [1.54, 1.807) is 11.8 Å². The minimum absolute atomic E-state index is 0.186. The largest absolute Gasteiger partial charge is 0.465 e. The van der Waals surface area contributed by atoms with Gasteiger partial charge in [-0.1, -0.05) is 26.0 Å². The third kappa shape index (κ3) is 5.96. The number of benzene rings is 1. The van der Waals surface area contributed by atoms with Crippen molar-refractivity contribution in [1.29, 1.82) is 0 Å². The molecule has 28 heavy (non-hydrogen) atoms. The molecule has 0 radical (unpaired) electrons. The maximum absolute atomic E-state index is 13.4. The summed E-state index contributed by atoms with van der Waals surface area (Å²) in [5.74, 6) is 0.868.